The van der Waals surface area contributed by atoms with Crippen molar-refractivity contribution in [3.8, 4) is 0 Å². The second kappa shape index (κ2) is 4.88. The Morgan fingerprint density at radius 3 is 2.80 bits per heavy atom. The van der Waals surface area contributed by atoms with Gasteiger partial charge in [-0.15, -0.1) is 5.10 Å². The van der Waals surface area contributed by atoms with Crippen LogP contribution in [0.2, 0.25) is 0 Å². The second-order valence-electron chi connectivity index (χ2n) is 3.62. The summed E-state index contributed by atoms with van der Waals surface area (Å²) in [6, 6.07) is 0. The topological polar surface area (TPSA) is 71.2 Å². The summed E-state index contributed by atoms with van der Waals surface area (Å²) >= 11 is 0. The molecule has 1 aromatic rings. The summed E-state index contributed by atoms with van der Waals surface area (Å²) in [4.78, 5) is 12.8. The van der Waals surface area contributed by atoms with Gasteiger partial charge >= 0.3 is 0 Å². The van der Waals surface area contributed by atoms with E-state index in [1.165, 1.54) is 4.90 Å². The lowest BCUT2D eigenvalue weighted by atomic mass is 10.3. The average Bonchev–Trinajstić information content (AvgIpc) is 2.62. The summed E-state index contributed by atoms with van der Waals surface area (Å²) < 4.78 is 1.56. The standard InChI is InChI=1S/C9H16N4O2/c1-7(14)8-6-13(11-10-8)5-4-9(15)12(2)3/h6-7,14H,4-5H2,1-3H3. The molecule has 0 saturated heterocycles. The van der Waals surface area contributed by atoms with Crippen LogP contribution < -0.4 is 0 Å². The molecule has 0 bridgehead atoms. The van der Waals surface area contributed by atoms with Crippen molar-refractivity contribution in [2.45, 2.75) is 26.0 Å². The minimum absolute atomic E-state index is 0.0455. The van der Waals surface area contributed by atoms with E-state index in [0.29, 0.717) is 18.7 Å². The molecular formula is C9H16N4O2. The van der Waals surface area contributed by atoms with E-state index >= 15 is 0 Å². The fourth-order valence-corrected chi connectivity index (χ4v) is 1.05. The quantitative estimate of drug-likeness (QED) is 0.751. The van der Waals surface area contributed by atoms with E-state index in [-0.39, 0.29) is 5.91 Å². The number of nitrogens with zero attached hydrogens (tertiary/aromatic N) is 4. The molecule has 0 radical (unpaired) electrons. The van der Waals surface area contributed by atoms with E-state index in [9.17, 15) is 9.90 Å². The average molecular weight is 212 g/mol. The lowest BCUT2D eigenvalue weighted by molar-refractivity contribution is -0.128. The largest absolute Gasteiger partial charge is 0.387 e. The first-order valence-corrected chi connectivity index (χ1v) is 4.79. The van der Waals surface area contributed by atoms with Crippen molar-refractivity contribution in [3.63, 3.8) is 0 Å². The number of carbonyl (C=O) groups is 1. The van der Waals surface area contributed by atoms with Crippen LogP contribution in [0.5, 0.6) is 0 Å². The fraction of sp³-hybridized carbons (Fsp3) is 0.667. The van der Waals surface area contributed by atoms with Gasteiger partial charge in [0.25, 0.3) is 0 Å². The summed E-state index contributed by atoms with van der Waals surface area (Å²) in [6.45, 7) is 2.11. The van der Waals surface area contributed by atoms with Gasteiger partial charge in [-0.2, -0.15) is 0 Å². The molecule has 1 amide bonds. The van der Waals surface area contributed by atoms with Crippen molar-refractivity contribution in [1.82, 2.24) is 19.9 Å². The highest BCUT2D eigenvalue weighted by Gasteiger charge is 2.08. The van der Waals surface area contributed by atoms with Gasteiger partial charge in [-0.25, -0.2) is 0 Å². The maximum atomic E-state index is 11.3. The summed E-state index contributed by atoms with van der Waals surface area (Å²) in [7, 11) is 3.43. The van der Waals surface area contributed by atoms with Crippen LogP contribution in [0.15, 0.2) is 6.20 Å². The molecule has 1 heterocycles. The summed E-state index contributed by atoms with van der Waals surface area (Å²) in [5, 5.41) is 16.8. The number of amides is 1. The lowest BCUT2D eigenvalue weighted by Crippen LogP contribution is -2.23. The first kappa shape index (κ1) is 11.6. The number of carbonyl (C=O) groups excluding carboxylic acids is 1. The minimum atomic E-state index is -0.622. The predicted molar refractivity (Wildman–Crippen MR) is 54.0 cm³/mol. The second-order valence-corrected chi connectivity index (χ2v) is 3.62. The molecule has 15 heavy (non-hydrogen) atoms. The van der Waals surface area contributed by atoms with Gasteiger partial charge in [0.15, 0.2) is 0 Å². The zero-order valence-electron chi connectivity index (χ0n) is 9.21. The number of aryl methyl sites for hydroxylation is 1. The number of hydrogen-bond acceptors (Lipinski definition) is 4. The Bertz CT molecular complexity index is 333. The van der Waals surface area contributed by atoms with Gasteiger partial charge in [-0.3, -0.25) is 9.48 Å². The Balaban J connectivity index is 2.48. The number of aliphatic hydroxyl groups excluding tert-OH is 1. The number of aliphatic hydroxyl groups is 1. The van der Waals surface area contributed by atoms with Gasteiger partial charge in [0.05, 0.1) is 18.8 Å². The highest BCUT2D eigenvalue weighted by atomic mass is 16.3. The van der Waals surface area contributed by atoms with Crippen LogP contribution in [0.1, 0.15) is 25.1 Å². The predicted octanol–water partition coefficient (Wildman–Crippen LogP) is -0.190. The first-order chi connectivity index (χ1) is 7.00. The van der Waals surface area contributed by atoms with Crippen molar-refractivity contribution in [3.05, 3.63) is 11.9 Å². The van der Waals surface area contributed by atoms with Gasteiger partial charge < -0.3 is 10.0 Å². The smallest absolute Gasteiger partial charge is 0.223 e. The van der Waals surface area contributed by atoms with Crippen molar-refractivity contribution in [1.29, 1.82) is 0 Å². The molecule has 1 aromatic heterocycles. The Morgan fingerprint density at radius 2 is 2.33 bits per heavy atom. The third kappa shape index (κ3) is 3.32. The maximum Gasteiger partial charge on any atom is 0.223 e. The Labute approximate surface area is 88.5 Å². The molecule has 84 valence electrons. The monoisotopic (exact) mass is 212 g/mol. The Hall–Kier alpha value is -1.43. The van der Waals surface area contributed by atoms with Crippen LogP contribution in [0.3, 0.4) is 0 Å². The molecule has 0 aliphatic rings. The van der Waals surface area contributed by atoms with Crippen LogP contribution in [0, 0.1) is 0 Å². The molecule has 0 saturated carbocycles. The van der Waals surface area contributed by atoms with Gasteiger partial charge in [0.2, 0.25) is 5.91 Å². The summed E-state index contributed by atoms with van der Waals surface area (Å²) in [6.07, 6.45) is 1.41. The van der Waals surface area contributed by atoms with E-state index in [1.54, 1.807) is 31.9 Å². The van der Waals surface area contributed by atoms with Crippen LogP contribution in [0.4, 0.5) is 0 Å². The van der Waals surface area contributed by atoms with E-state index in [2.05, 4.69) is 10.3 Å². The van der Waals surface area contributed by atoms with Crippen LogP contribution in [-0.4, -0.2) is 45.0 Å². The van der Waals surface area contributed by atoms with Crippen molar-refractivity contribution >= 4 is 5.91 Å². The third-order valence-corrected chi connectivity index (χ3v) is 2.04. The van der Waals surface area contributed by atoms with Crippen molar-refractivity contribution < 1.29 is 9.90 Å². The molecule has 0 aliphatic heterocycles. The van der Waals surface area contributed by atoms with Crippen LogP contribution in [-0.2, 0) is 11.3 Å². The van der Waals surface area contributed by atoms with Gasteiger partial charge in [-0.1, -0.05) is 5.21 Å². The zero-order valence-corrected chi connectivity index (χ0v) is 9.21. The Kier molecular flexibility index (Phi) is 3.79. The van der Waals surface area contributed by atoms with Crippen LogP contribution >= 0.6 is 0 Å². The molecule has 0 aliphatic carbocycles. The third-order valence-electron chi connectivity index (χ3n) is 2.04. The summed E-state index contributed by atoms with van der Waals surface area (Å²) in [5.41, 5.74) is 0.521. The van der Waals surface area contributed by atoms with Gasteiger partial charge in [0.1, 0.15) is 5.69 Å². The van der Waals surface area contributed by atoms with Crippen LogP contribution in [0.25, 0.3) is 0 Å². The van der Waals surface area contributed by atoms with E-state index < -0.39 is 6.10 Å². The Morgan fingerprint density at radius 1 is 1.67 bits per heavy atom. The maximum absolute atomic E-state index is 11.3. The molecule has 1 N–H and O–H groups in total. The summed E-state index contributed by atoms with van der Waals surface area (Å²) in [5.74, 6) is 0.0455. The van der Waals surface area contributed by atoms with Crippen molar-refractivity contribution in [2.24, 2.45) is 0 Å². The van der Waals surface area contributed by atoms with Gasteiger partial charge in [0, 0.05) is 20.5 Å². The molecule has 0 aromatic carbocycles. The number of hydrogen-bond donors (Lipinski definition) is 1. The molecule has 1 unspecified atom stereocenters. The zero-order chi connectivity index (χ0) is 11.4. The fourth-order valence-electron chi connectivity index (χ4n) is 1.05. The normalized spacial score (nSPS) is 12.5. The molecule has 1 atom stereocenters. The molecular weight excluding hydrogens is 196 g/mol. The minimum Gasteiger partial charge on any atom is -0.387 e. The number of aromatic nitrogens is 3. The lowest BCUT2D eigenvalue weighted by Gasteiger charge is -2.09. The first-order valence-electron chi connectivity index (χ1n) is 4.79. The molecule has 1 rings (SSSR count). The molecule has 0 fully saturated rings. The number of rotatable bonds is 4. The van der Waals surface area contributed by atoms with E-state index in [0.717, 1.165) is 0 Å². The highest BCUT2D eigenvalue weighted by Crippen LogP contribution is 2.06. The molecule has 6 nitrogen and oxygen atoms in total. The SMILES string of the molecule is CC(O)c1cn(CCC(=O)N(C)C)nn1. The highest BCUT2D eigenvalue weighted by molar-refractivity contribution is 5.75. The van der Waals surface area contributed by atoms with Gasteiger partial charge in [-0.05, 0) is 6.92 Å². The van der Waals surface area contributed by atoms with Crippen molar-refractivity contribution in [2.75, 3.05) is 14.1 Å². The van der Waals surface area contributed by atoms with E-state index in [1.807, 2.05) is 0 Å². The van der Waals surface area contributed by atoms with E-state index in [4.69, 9.17) is 0 Å². The molecule has 0 spiro atoms. The molecule has 6 heteroatoms.